The fraction of sp³-hybridized carbons (Fsp3) is 0.0588. The number of hydrogen-bond donors (Lipinski definition) is 1. The number of rotatable bonds is 6. The van der Waals surface area contributed by atoms with Crippen LogP contribution in [-0.2, 0) is 14.3 Å². The fourth-order valence-electron chi connectivity index (χ4n) is 1.79. The predicted molar refractivity (Wildman–Crippen MR) is 88.1 cm³/mol. The predicted octanol–water partition coefficient (Wildman–Crippen LogP) is 2.93. The van der Waals surface area contributed by atoms with Crippen molar-refractivity contribution in [3.63, 3.8) is 0 Å². The Morgan fingerprint density at radius 1 is 1.12 bits per heavy atom. The van der Waals surface area contributed by atoms with E-state index in [0.717, 1.165) is 6.08 Å². The van der Waals surface area contributed by atoms with Crippen LogP contribution in [0.3, 0.4) is 0 Å². The van der Waals surface area contributed by atoms with Crippen molar-refractivity contribution < 1.29 is 23.6 Å². The molecule has 0 atom stereocenters. The first-order valence-electron chi connectivity index (χ1n) is 7.09. The van der Waals surface area contributed by atoms with E-state index in [-0.39, 0.29) is 5.69 Å². The first-order valence-corrected chi connectivity index (χ1v) is 7.09. The summed E-state index contributed by atoms with van der Waals surface area (Å²) in [6.07, 6.45) is 2.51. The van der Waals surface area contributed by atoms with Gasteiger partial charge in [-0.1, -0.05) is 0 Å². The molecular weight excluding hydrogens is 331 g/mol. The minimum absolute atomic E-state index is 0.0582. The number of carbonyl (C=O) groups is 2. The third kappa shape index (κ3) is 5.87. The number of ether oxygens (including phenoxy) is 1. The number of esters is 1. The van der Waals surface area contributed by atoms with Crippen LogP contribution in [0.4, 0.5) is 15.8 Å². The van der Waals surface area contributed by atoms with E-state index in [1.807, 2.05) is 0 Å². The van der Waals surface area contributed by atoms with E-state index < -0.39 is 29.2 Å². The number of nitro benzene ring substituents is 1. The quantitative estimate of drug-likeness (QED) is 0.376. The number of nitro groups is 1. The number of amides is 1. The van der Waals surface area contributed by atoms with Crippen molar-refractivity contribution in [1.82, 2.24) is 0 Å². The molecule has 0 saturated carbocycles. The lowest BCUT2D eigenvalue weighted by molar-refractivity contribution is -0.384. The molecule has 7 nitrogen and oxygen atoms in total. The molecule has 25 heavy (non-hydrogen) atoms. The highest BCUT2D eigenvalue weighted by Crippen LogP contribution is 2.13. The molecule has 0 aliphatic heterocycles. The van der Waals surface area contributed by atoms with E-state index in [9.17, 15) is 24.1 Å². The van der Waals surface area contributed by atoms with Gasteiger partial charge in [0.2, 0.25) is 0 Å². The number of hydrogen-bond acceptors (Lipinski definition) is 5. The number of nitrogens with zero attached hydrogens (tertiary/aromatic N) is 1. The Labute approximate surface area is 141 Å². The van der Waals surface area contributed by atoms with Crippen molar-refractivity contribution in [3.05, 3.63) is 76.1 Å². The van der Waals surface area contributed by atoms with E-state index >= 15 is 0 Å². The molecule has 0 saturated heterocycles. The maximum atomic E-state index is 12.7. The Bertz CT molecular complexity index is 801. The largest absolute Gasteiger partial charge is 0.452 e. The molecule has 0 fully saturated rings. The lowest BCUT2D eigenvalue weighted by atomic mass is 10.2. The van der Waals surface area contributed by atoms with Crippen molar-refractivity contribution in [2.24, 2.45) is 0 Å². The van der Waals surface area contributed by atoms with Crippen LogP contribution in [0.2, 0.25) is 0 Å². The van der Waals surface area contributed by atoms with E-state index in [4.69, 9.17) is 4.74 Å². The van der Waals surface area contributed by atoms with Gasteiger partial charge in [-0.05, 0) is 48.0 Å². The summed E-state index contributed by atoms with van der Waals surface area (Å²) in [5.41, 5.74) is 0.888. The molecule has 8 heteroatoms. The van der Waals surface area contributed by atoms with Gasteiger partial charge in [0.25, 0.3) is 11.6 Å². The first-order chi connectivity index (χ1) is 11.9. The van der Waals surface area contributed by atoms with Crippen LogP contribution in [0.15, 0.2) is 54.6 Å². The topological polar surface area (TPSA) is 98.5 Å². The smallest absolute Gasteiger partial charge is 0.331 e. The molecule has 0 bridgehead atoms. The first kappa shape index (κ1) is 17.8. The highest BCUT2D eigenvalue weighted by molar-refractivity contribution is 5.94. The second-order valence-corrected chi connectivity index (χ2v) is 4.84. The Morgan fingerprint density at radius 3 is 2.36 bits per heavy atom. The van der Waals surface area contributed by atoms with Crippen LogP contribution >= 0.6 is 0 Å². The standard InChI is InChI=1S/C17H13FN2O5/c18-13-4-6-14(7-5-13)19-16(21)11-25-17(22)10-3-12-1-8-15(9-2-12)20(23)24/h1-10H,11H2,(H,19,21)/b10-3+. The third-order valence-corrected chi connectivity index (χ3v) is 2.99. The molecule has 128 valence electrons. The summed E-state index contributed by atoms with van der Waals surface area (Å²) in [6.45, 7) is -0.499. The molecule has 0 radical (unpaired) electrons. The maximum Gasteiger partial charge on any atom is 0.331 e. The summed E-state index contributed by atoms with van der Waals surface area (Å²) in [7, 11) is 0. The van der Waals surface area contributed by atoms with Crippen molar-refractivity contribution in [2.45, 2.75) is 0 Å². The van der Waals surface area contributed by atoms with Crippen LogP contribution in [0.5, 0.6) is 0 Å². The molecule has 0 aliphatic carbocycles. The van der Waals surface area contributed by atoms with Crippen LogP contribution < -0.4 is 5.32 Å². The zero-order valence-corrected chi connectivity index (χ0v) is 12.8. The summed E-state index contributed by atoms with van der Waals surface area (Å²) in [6, 6.07) is 10.7. The number of non-ortho nitro benzene ring substituents is 1. The third-order valence-electron chi connectivity index (χ3n) is 2.99. The van der Waals surface area contributed by atoms with Gasteiger partial charge in [0.15, 0.2) is 6.61 Å². The molecule has 2 rings (SSSR count). The lowest BCUT2D eigenvalue weighted by Crippen LogP contribution is -2.20. The highest BCUT2D eigenvalue weighted by atomic mass is 19.1. The number of nitrogens with one attached hydrogen (secondary N) is 1. The molecule has 0 aromatic heterocycles. The molecule has 2 aromatic carbocycles. The molecular formula is C17H13FN2O5. The van der Waals surface area contributed by atoms with Gasteiger partial charge in [-0.3, -0.25) is 14.9 Å². The summed E-state index contributed by atoms with van der Waals surface area (Å²) in [5, 5.41) is 13.0. The second-order valence-electron chi connectivity index (χ2n) is 4.84. The monoisotopic (exact) mass is 344 g/mol. The number of carbonyl (C=O) groups excluding carboxylic acids is 2. The van der Waals surface area contributed by atoms with Crippen LogP contribution in [-0.4, -0.2) is 23.4 Å². The minimum atomic E-state index is -0.743. The van der Waals surface area contributed by atoms with E-state index in [1.165, 1.54) is 54.6 Å². The SMILES string of the molecule is O=C(COC(=O)/C=C/c1ccc([N+](=O)[O-])cc1)Nc1ccc(F)cc1. The van der Waals surface area contributed by atoms with Gasteiger partial charge < -0.3 is 10.1 Å². The number of benzene rings is 2. The Kier molecular flexibility index (Phi) is 5.94. The average Bonchev–Trinajstić information content (AvgIpc) is 2.60. The molecule has 0 unspecified atom stereocenters. The van der Waals surface area contributed by atoms with Crippen LogP contribution in [0.1, 0.15) is 5.56 Å². The lowest BCUT2D eigenvalue weighted by Gasteiger charge is -2.05. The van der Waals surface area contributed by atoms with Gasteiger partial charge in [0.1, 0.15) is 5.82 Å². The van der Waals surface area contributed by atoms with E-state index in [0.29, 0.717) is 11.3 Å². The zero-order chi connectivity index (χ0) is 18.2. The molecule has 1 N–H and O–H groups in total. The molecule has 1 amide bonds. The van der Waals surface area contributed by atoms with E-state index in [1.54, 1.807) is 0 Å². The summed E-state index contributed by atoms with van der Waals surface area (Å²) < 4.78 is 17.5. The van der Waals surface area contributed by atoms with Crippen LogP contribution in [0, 0.1) is 15.9 Å². The Hall–Kier alpha value is -3.55. The van der Waals surface area contributed by atoms with Gasteiger partial charge in [-0.2, -0.15) is 0 Å². The minimum Gasteiger partial charge on any atom is -0.452 e. The van der Waals surface area contributed by atoms with Gasteiger partial charge >= 0.3 is 5.97 Å². The van der Waals surface area contributed by atoms with Crippen molar-refractivity contribution in [3.8, 4) is 0 Å². The second kappa shape index (κ2) is 8.34. The average molecular weight is 344 g/mol. The summed E-state index contributed by atoms with van der Waals surface area (Å²) >= 11 is 0. The highest BCUT2D eigenvalue weighted by Gasteiger charge is 2.06. The van der Waals surface area contributed by atoms with Gasteiger partial charge in [0, 0.05) is 23.9 Å². The summed E-state index contributed by atoms with van der Waals surface area (Å²) in [5.74, 6) is -1.74. The molecule has 0 heterocycles. The molecule has 2 aromatic rings. The fourth-order valence-corrected chi connectivity index (χ4v) is 1.79. The van der Waals surface area contributed by atoms with Crippen molar-refractivity contribution in [2.75, 3.05) is 11.9 Å². The van der Waals surface area contributed by atoms with Gasteiger partial charge in [-0.15, -0.1) is 0 Å². The Morgan fingerprint density at radius 2 is 1.76 bits per heavy atom. The zero-order valence-electron chi connectivity index (χ0n) is 12.8. The molecule has 0 aliphatic rings. The molecule has 0 spiro atoms. The van der Waals surface area contributed by atoms with Crippen LogP contribution in [0.25, 0.3) is 6.08 Å². The van der Waals surface area contributed by atoms with Crippen molar-refractivity contribution >= 4 is 29.3 Å². The van der Waals surface area contributed by atoms with Crippen molar-refractivity contribution in [1.29, 1.82) is 0 Å². The van der Waals surface area contributed by atoms with Gasteiger partial charge in [-0.25, -0.2) is 9.18 Å². The van der Waals surface area contributed by atoms with E-state index in [2.05, 4.69) is 5.32 Å². The number of halogens is 1. The normalized spacial score (nSPS) is 10.4. The summed E-state index contributed by atoms with van der Waals surface area (Å²) in [4.78, 5) is 33.2. The maximum absolute atomic E-state index is 12.7. The number of anilines is 1. The van der Waals surface area contributed by atoms with Gasteiger partial charge in [0.05, 0.1) is 4.92 Å². The Balaban J connectivity index is 1.80.